The van der Waals surface area contributed by atoms with Crippen LogP contribution in [0, 0.1) is 13.8 Å². The lowest BCUT2D eigenvalue weighted by Crippen LogP contribution is -2.41. The number of nitrogens with zero attached hydrogens (tertiary/aromatic N) is 6. The summed E-state index contributed by atoms with van der Waals surface area (Å²) in [4.78, 5) is 16.1. The summed E-state index contributed by atoms with van der Waals surface area (Å²) in [6.07, 6.45) is 3.46. The van der Waals surface area contributed by atoms with E-state index in [2.05, 4.69) is 25.7 Å². The normalized spacial score (nSPS) is 21.9. The molecule has 2 aliphatic carbocycles. The van der Waals surface area contributed by atoms with E-state index in [9.17, 15) is 13.2 Å². The zero-order valence-electron chi connectivity index (χ0n) is 20.6. The molecular formula is C26H29F3N6O. The van der Waals surface area contributed by atoms with Crippen molar-refractivity contribution in [3.05, 3.63) is 59.0 Å². The Hall–Kier alpha value is -3.23. The molecule has 1 aliphatic heterocycles. The molecule has 10 heteroatoms. The van der Waals surface area contributed by atoms with Crippen molar-refractivity contribution in [1.82, 2.24) is 24.7 Å². The van der Waals surface area contributed by atoms with E-state index in [4.69, 9.17) is 9.72 Å². The summed E-state index contributed by atoms with van der Waals surface area (Å²) < 4.78 is 46.9. The summed E-state index contributed by atoms with van der Waals surface area (Å²) in [7, 11) is 0. The fraction of sp³-hybridized carbons (Fsp3) is 0.500. The topological polar surface area (TPSA) is 69.0 Å². The summed E-state index contributed by atoms with van der Waals surface area (Å²) in [6, 6.07) is 4.58. The van der Waals surface area contributed by atoms with Gasteiger partial charge in [0.15, 0.2) is 0 Å². The fourth-order valence-corrected chi connectivity index (χ4v) is 4.44. The lowest BCUT2D eigenvalue weighted by molar-refractivity contribution is -0.0934. The molecule has 3 aromatic rings. The fourth-order valence-electron chi connectivity index (χ4n) is 4.44. The van der Waals surface area contributed by atoms with Crippen LogP contribution >= 0.6 is 0 Å². The van der Waals surface area contributed by atoms with Crippen molar-refractivity contribution in [2.75, 3.05) is 24.6 Å². The lowest BCUT2D eigenvalue weighted by Gasteiger charge is -2.32. The molecule has 190 valence electrons. The molecule has 1 saturated carbocycles. The molecule has 7 nitrogen and oxygen atoms in total. The number of anilines is 1. The minimum atomic E-state index is -4.38. The third-order valence-corrected chi connectivity index (χ3v) is 6.66. The molecular weight excluding hydrogens is 469 g/mol. The van der Waals surface area contributed by atoms with Crippen LogP contribution in [0.25, 0.3) is 11.0 Å². The molecule has 3 aromatic heterocycles. The third kappa shape index (κ3) is 5.29. The van der Waals surface area contributed by atoms with E-state index in [1.54, 1.807) is 0 Å². The maximum absolute atomic E-state index is 13.1. The first kappa shape index (κ1) is 24.5. The van der Waals surface area contributed by atoms with E-state index in [0.717, 1.165) is 17.4 Å². The number of hydrogen-bond donors (Lipinski definition) is 0. The smallest absolute Gasteiger partial charge is 0.375 e. The minimum absolute atomic E-state index is 0.0606. The number of fused-ring (bicyclic) bond motifs is 1. The Balaban J connectivity index is 0.000000280. The summed E-state index contributed by atoms with van der Waals surface area (Å²) in [5.41, 5.74) is 4.99. The summed E-state index contributed by atoms with van der Waals surface area (Å²) >= 11 is 0. The number of halogens is 3. The highest BCUT2D eigenvalue weighted by Gasteiger charge is 2.38. The number of ether oxygens (including phenoxy) is 1. The number of aromatic nitrogens is 5. The number of aryl methyl sites for hydroxylation is 2. The molecule has 0 aromatic carbocycles. The molecule has 2 fully saturated rings. The molecule has 0 amide bonds. The first-order chi connectivity index (χ1) is 17.2. The third-order valence-electron chi connectivity index (χ3n) is 6.66. The first-order valence-corrected chi connectivity index (χ1v) is 12.2. The lowest BCUT2D eigenvalue weighted by atomic mass is 9.99. The molecule has 0 N–H and O–H groups in total. The summed E-state index contributed by atoms with van der Waals surface area (Å²) in [5.74, 6) is 0.179. The Labute approximate surface area is 207 Å². The SMILES string of the molecule is Cc1nc2cc(N3CCO[C@@H](C)C3)nc(C3C=C=C(C(F)(F)F)C3)c2nc1C.c1cnn(C2CC2)c1. The average Bonchev–Trinajstić information content (AvgIpc) is 3.31. The summed E-state index contributed by atoms with van der Waals surface area (Å²) in [5, 5.41) is 4.09. The number of allylic oxidation sites excluding steroid dienone is 1. The predicted molar refractivity (Wildman–Crippen MR) is 130 cm³/mol. The van der Waals surface area contributed by atoms with Crippen LogP contribution in [0.15, 0.2) is 41.9 Å². The molecule has 6 rings (SSSR count). The number of hydrogen-bond acceptors (Lipinski definition) is 6. The van der Waals surface area contributed by atoms with Gasteiger partial charge < -0.3 is 9.64 Å². The maximum atomic E-state index is 13.1. The second-order valence-corrected chi connectivity index (χ2v) is 9.57. The predicted octanol–water partition coefficient (Wildman–Crippen LogP) is 5.22. The highest BCUT2D eigenvalue weighted by Crippen LogP contribution is 2.39. The molecule has 2 atom stereocenters. The van der Waals surface area contributed by atoms with Gasteiger partial charge in [0.25, 0.3) is 0 Å². The largest absolute Gasteiger partial charge is 0.419 e. The van der Waals surface area contributed by atoms with Crippen molar-refractivity contribution in [3.8, 4) is 0 Å². The molecule has 4 heterocycles. The van der Waals surface area contributed by atoms with Gasteiger partial charge in [0, 0.05) is 37.5 Å². The summed E-state index contributed by atoms with van der Waals surface area (Å²) in [6.45, 7) is 7.62. The number of alkyl halides is 3. The minimum Gasteiger partial charge on any atom is -0.375 e. The van der Waals surface area contributed by atoms with Crippen LogP contribution in [-0.2, 0) is 4.74 Å². The van der Waals surface area contributed by atoms with Gasteiger partial charge in [-0.05, 0) is 52.2 Å². The Morgan fingerprint density at radius 2 is 1.89 bits per heavy atom. The number of pyridine rings is 1. The Kier molecular flexibility index (Phi) is 6.57. The number of morpholine rings is 1. The van der Waals surface area contributed by atoms with Gasteiger partial charge in [0.05, 0.1) is 46.9 Å². The van der Waals surface area contributed by atoms with Crippen LogP contribution in [0.4, 0.5) is 19.0 Å². The van der Waals surface area contributed by atoms with E-state index >= 15 is 0 Å². The van der Waals surface area contributed by atoms with Crippen molar-refractivity contribution in [2.24, 2.45) is 0 Å². The van der Waals surface area contributed by atoms with Crippen molar-refractivity contribution in [1.29, 1.82) is 0 Å². The second-order valence-electron chi connectivity index (χ2n) is 9.57. The van der Waals surface area contributed by atoms with E-state index in [-0.39, 0.29) is 12.5 Å². The van der Waals surface area contributed by atoms with Crippen LogP contribution in [0.1, 0.15) is 55.2 Å². The zero-order chi connectivity index (χ0) is 25.4. The number of rotatable bonds is 3. The monoisotopic (exact) mass is 498 g/mol. The van der Waals surface area contributed by atoms with Gasteiger partial charge in [-0.3, -0.25) is 4.68 Å². The van der Waals surface area contributed by atoms with Gasteiger partial charge in [-0.1, -0.05) is 0 Å². The van der Waals surface area contributed by atoms with Crippen molar-refractivity contribution < 1.29 is 17.9 Å². The second kappa shape index (κ2) is 9.67. The molecule has 0 radical (unpaired) electrons. The van der Waals surface area contributed by atoms with Gasteiger partial charge in [-0.25, -0.2) is 15.0 Å². The highest BCUT2D eigenvalue weighted by molar-refractivity contribution is 5.81. The van der Waals surface area contributed by atoms with Gasteiger partial charge in [-0.15, -0.1) is 5.73 Å². The van der Waals surface area contributed by atoms with Crippen LogP contribution in [0.5, 0.6) is 0 Å². The van der Waals surface area contributed by atoms with E-state index in [1.807, 2.05) is 50.0 Å². The van der Waals surface area contributed by atoms with Gasteiger partial charge in [-0.2, -0.15) is 18.3 Å². The molecule has 1 unspecified atom stereocenters. The van der Waals surface area contributed by atoms with Gasteiger partial charge in [0.1, 0.15) is 11.3 Å². The van der Waals surface area contributed by atoms with Gasteiger partial charge in [0.2, 0.25) is 0 Å². The van der Waals surface area contributed by atoms with Crippen LogP contribution in [-0.4, -0.2) is 56.7 Å². The van der Waals surface area contributed by atoms with Crippen molar-refractivity contribution in [2.45, 2.75) is 64.3 Å². The zero-order valence-corrected chi connectivity index (χ0v) is 20.6. The molecule has 0 bridgehead atoms. The Morgan fingerprint density at radius 1 is 1.11 bits per heavy atom. The van der Waals surface area contributed by atoms with Crippen molar-refractivity contribution in [3.63, 3.8) is 0 Å². The Bertz CT molecular complexity index is 1310. The molecule has 3 aliphatic rings. The van der Waals surface area contributed by atoms with E-state index in [0.29, 0.717) is 42.2 Å². The molecule has 1 saturated heterocycles. The molecule has 36 heavy (non-hydrogen) atoms. The quantitative estimate of drug-likeness (QED) is 0.462. The maximum Gasteiger partial charge on any atom is 0.419 e. The standard InChI is InChI=1S/C20H21F3N4O.C6H8N2/c1-11-10-27(6-7-28-11)17-9-16-19(25-13(3)12(2)24-16)18(26-17)14-4-5-15(8-14)20(21,22)23;1-4-7-8(5-1)6-2-3-6/h4,9,11,14H,6-8,10H2,1-3H3;1,4-6H,2-3H2/t11-,14?;/m0./s1. The average molecular weight is 499 g/mol. The molecule has 0 spiro atoms. The van der Waals surface area contributed by atoms with Gasteiger partial charge >= 0.3 is 6.18 Å². The van der Waals surface area contributed by atoms with Crippen molar-refractivity contribution >= 4 is 16.9 Å². The first-order valence-electron chi connectivity index (χ1n) is 12.2. The van der Waals surface area contributed by atoms with E-state index < -0.39 is 17.7 Å². The van der Waals surface area contributed by atoms with Crippen LogP contribution in [0.2, 0.25) is 0 Å². The highest BCUT2D eigenvalue weighted by atomic mass is 19.4. The Morgan fingerprint density at radius 3 is 2.53 bits per heavy atom. The van der Waals surface area contributed by atoms with Crippen LogP contribution < -0.4 is 4.90 Å². The van der Waals surface area contributed by atoms with Crippen LogP contribution in [0.3, 0.4) is 0 Å². The van der Waals surface area contributed by atoms with E-state index in [1.165, 1.54) is 18.9 Å².